The fourth-order valence-electron chi connectivity index (χ4n) is 3.11. The zero-order valence-corrected chi connectivity index (χ0v) is 16.6. The van der Waals surface area contributed by atoms with E-state index in [2.05, 4.69) is 35.6 Å². The lowest BCUT2D eigenvalue weighted by molar-refractivity contribution is -0.670. The van der Waals surface area contributed by atoms with Gasteiger partial charge in [0.15, 0.2) is 11.5 Å². The van der Waals surface area contributed by atoms with E-state index >= 15 is 0 Å². The van der Waals surface area contributed by atoms with Crippen LogP contribution in [0.1, 0.15) is 16.7 Å². The molecule has 28 heavy (non-hydrogen) atoms. The lowest BCUT2D eigenvalue weighted by atomic mass is 10.1. The predicted octanol–water partition coefficient (Wildman–Crippen LogP) is 3.59. The van der Waals surface area contributed by atoms with Crippen LogP contribution in [0.3, 0.4) is 0 Å². The van der Waals surface area contributed by atoms with Crippen LogP contribution in [0.15, 0.2) is 72.8 Å². The van der Waals surface area contributed by atoms with Gasteiger partial charge in [-0.1, -0.05) is 48.5 Å². The van der Waals surface area contributed by atoms with E-state index in [0.29, 0.717) is 6.61 Å². The lowest BCUT2D eigenvalue weighted by Crippen LogP contribution is -2.83. The third-order valence-electron chi connectivity index (χ3n) is 4.66. The molecule has 0 fully saturated rings. The molecule has 3 aromatic carbocycles. The normalized spacial score (nSPS) is 10.5. The van der Waals surface area contributed by atoms with Gasteiger partial charge in [0.05, 0.1) is 20.8 Å². The summed E-state index contributed by atoms with van der Waals surface area (Å²) in [7, 11) is 3.32. The Morgan fingerprint density at radius 3 is 2.25 bits per heavy atom. The van der Waals surface area contributed by atoms with E-state index in [0.717, 1.165) is 36.8 Å². The van der Waals surface area contributed by atoms with Gasteiger partial charge in [0.2, 0.25) is 0 Å². The highest BCUT2D eigenvalue weighted by Crippen LogP contribution is 2.27. The first-order chi connectivity index (χ1) is 13.8. The van der Waals surface area contributed by atoms with Crippen molar-refractivity contribution in [3.63, 3.8) is 0 Å². The van der Waals surface area contributed by atoms with Crippen molar-refractivity contribution in [3.05, 3.63) is 89.5 Å². The van der Waals surface area contributed by atoms with Crippen molar-refractivity contribution < 1.29 is 19.5 Å². The molecule has 0 aromatic heterocycles. The van der Waals surface area contributed by atoms with Crippen LogP contribution >= 0.6 is 0 Å². The van der Waals surface area contributed by atoms with Gasteiger partial charge in [-0.05, 0) is 35.4 Å². The van der Waals surface area contributed by atoms with Crippen molar-refractivity contribution in [1.29, 1.82) is 0 Å². The van der Waals surface area contributed by atoms with E-state index in [-0.39, 0.29) is 0 Å². The smallest absolute Gasteiger partial charge is 0.160 e. The molecule has 0 amide bonds. The summed E-state index contributed by atoms with van der Waals surface area (Å²) in [6, 6.07) is 24.6. The summed E-state index contributed by atoms with van der Waals surface area (Å²) in [6.07, 6.45) is 0.966. The van der Waals surface area contributed by atoms with Crippen LogP contribution in [0.2, 0.25) is 0 Å². The molecule has 4 nitrogen and oxygen atoms in total. The highest BCUT2D eigenvalue weighted by atomic mass is 16.5. The SMILES string of the molecule is COc1ccc(CC[NH2+]Cc2ccccc2OCc2ccccc2)cc1OC. The van der Waals surface area contributed by atoms with Crippen LogP contribution in [0, 0.1) is 0 Å². The van der Waals surface area contributed by atoms with Gasteiger partial charge in [-0.15, -0.1) is 0 Å². The molecule has 2 N–H and O–H groups in total. The van der Waals surface area contributed by atoms with Crippen molar-refractivity contribution in [2.24, 2.45) is 0 Å². The van der Waals surface area contributed by atoms with Gasteiger partial charge in [-0.25, -0.2) is 0 Å². The summed E-state index contributed by atoms with van der Waals surface area (Å²) in [5, 5.41) is 2.31. The average Bonchev–Trinajstić information content (AvgIpc) is 2.76. The predicted molar refractivity (Wildman–Crippen MR) is 111 cm³/mol. The molecule has 4 heteroatoms. The Hall–Kier alpha value is -2.98. The summed E-state index contributed by atoms with van der Waals surface area (Å²) in [5.41, 5.74) is 3.63. The zero-order chi connectivity index (χ0) is 19.6. The average molecular weight is 378 g/mol. The third kappa shape index (κ3) is 5.51. The molecule has 0 aliphatic heterocycles. The lowest BCUT2D eigenvalue weighted by Gasteiger charge is -2.11. The monoisotopic (exact) mass is 378 g/mol. The molecule has 0 radical (unpaired) electrons. The first-order valence-corrected chi connectivity index (χ1v) is 9.57. The quantitative estimate of drug-likeness (QED) is 0.549. The van der Waals surface area contributed by atoms with Crippen LogP contribution in [0.4, 0.5) is 0 Å². The number of ether oxygens (including phenoxy) is 3. The van der Waals surface area contributed by atoms with Crippen molar-refractivity contribution in [2.75, 3.05) is 20.8 Å². The summed E-state index contributed by atoms with van der Waals surface area (Å²) >= 11 is 0. The Balaban J connectivity index is 1.51. The maximum absolute atomic E-state index is 6.04. The highest BCUT2D eigenvalue weighted by molar-refractivity contribution is 5.42. The van der Waals surface area contributed by atoms with Gasteiger partial charge < -0.3 is 19.5 Å². The van der Waals surface area contributed by atoms with Crippen molar-refractivity contribution in [2.45, 2.75) is 19.6 Å². The van der Waals surface area contributed by atoms with Crippen LogP contribution < -0.4 is 19.5 Å². The van der Waals surface area contributed by atoms with Gasteiger partial charge in [-0.2, -0.15) is 0 Å². The minimum atomic E-state index is 0.587. The second kappa shape index (κ2) is 10.4. The second-order valence-corrected chi connectivity index (χ2v) is 6.60. The minimum Gasteiger partial charge on any atom is -0.493 e. The van der Waals surface area contributed by atoms with E-state index < -0.39 is 0 Å². The summed E-state index contributed by atoms with van der Waals surface area (Å²) in [5.74, 6) is 2.49. The Kier molecular flexibility index (Phi) is 7.33. The summed E-state index contributed by atoms with van der Waals surface area (Å²) in [4.78, 5) is 0. The Labute approximate surface area is 167 Å². The van der Waals surface area contributed by atoms with Gasteiger partial charge >= 0.3 is 0 Å². The number of methoxy groups -OCH3 is 2. The summed E-state index contributed by atoms with van der Waals surface area (Å²) < 4.78 is 16.7. The molecule has 0 aliphatic carbocycles. The molecule has 0 heterocycles. The molecular weight excluding hydrogens is 350 g/mol. The van der Waals surface area contributed by atoms with Gasteiger partial charge in [0, 0.05) is 12.0 Å². The number of rotatable bonds is 10. The molecule has 0 saturated carbocycles. The van der Waals surface area contributed by atoms with Gasteiger partial charge in [0.1, 0.15) is 18.9 Å². The number of nitrogens with two attached hydrogens (primary N) is 1. The Bertz CT molecular complexity index is 865. The van der Waals surface area contributed by atoms with Crippen molar-refractivity contribution >= 4 is 0 Å². The molecule has 0 atom stereocenters. The highest BCUT2D eigenvalue weighted by Gasteiger charge is 2.07. The van der Waals surface area contributed by atoms with Crippen molar-refractivity contribution in [3.8, 4) is 17.2 Å². The Morgan fingerprint density at radius 2 is 1.46 bits per heavy atom. The standard InChI is InChI=1S/C24H27NO3/c1-26-23-13-12-19(16-24(23)27-2)14-15-25-17-21-10-6-7-11-22(21)28-18-20-8-4-3-5-9-20/h3-13,16,25H,14-15,17-18H2,1-2H3/p+1. The first-order valence-electron chi connectivity index (χ1n) is 9.57. The molecular formula is C24H28NO3+. The molecule has 0 spiro atoms. The second-order valence-electron chi connectivity index (χ2n) is 6.60. The van der Waals surface area contributed by atoms with E-state index in [1.165, 1.54) is 16.7 Å². The van der Waals surface area contributed by atoms with Crippen LogP contribution in [0.5, 0.6) is 17.2 Å². The minimum absolute atomic E-state index is 0.587. The van der Waals surface area contributed by atoms with E-state index in [9.17, 15) is 0 Å². The van der Waals surface area contributed by atoms with Crippen LogP contribution in [-0.4, -0.2) is 20.8 Å². The fourth-order valence-corrected chi connectivity index (χ4v) is 3.11. The topological polar surface area (TPSA) is 44.3 Å². The molecule has 146 valence electrons. The van der Waals surface area contributed by atoms with Crippen LogP contribution in [-0.2, 0) is 19.6 Å². The van der Waals surface area contributed by atoms with Crippen molar-refractivity contribution in [1.82, 2.24) is 0 Å². The number of para-hydroxylation sites is 1. The van der Waals surface area contributed by atoms with Crippen LogP contribution in [0.25, 0.3) is 0 Å². The molecule has 3 rings (SSSR count). The fraction of sp³-hybridized carbons (Fsp3) is 0.250. The molecule has 3 aromatic rings. The molecule has 0 bridgehead atoms. The van der Waals surface area contributed by atoms with E-state index in [1.807, 2.05) is 42.5 Å². The maximum atomic E-state index is 6.04. The molecule has 0 aliphatic rings. The largest absolute Gasteiger partial charge is 0.493 e. The van der Waals surface area contributed by atoms with Gasteiger partial charge in [0.25, 0.3) is 0 Å². The van der Waals surface area contributed by atoms with Gasteiger partial charge in [-0.3, -0.25) is 0 Å². The number of hydrogen-bond acceptors (Lipinski definition) is 3. The number of quaternary nitrogens is 1. The Morgan fingerprint density at radius 1 is 0.714 bits per heavy atom. The zero-order valence-electron chi connectivity index (χ0n) is 16.6. The molecule has 0 unspecified atom stereocenters. The molecule has 0 saturated heterocycles. The third-order valence-corrected chi connectivity index (χ3v) is 4.66. The first kappa shape index (κ1) is 19.8. The number of hydrogen-bond donors (Lipinski definition) is 1. The summed E-state index contributed by atoms with van der Waals surface area (Å²) in [6.45, 7) is 2.46. The van der Waals surface area contributed by atoms with E-state index in [1.54, 1.807) is 14.2 Å². The van der Waals surface area contributed by atoms with E-state index in [4.69, 9.17) is 14.2 Å². The maximum Gasteiger partial charge on any atom is 0.160 e. The number of benzene rings is 3.